The highest BCUT2D eigenvalue weighted by molar-refractivity contribution is 5.48. The first-order valence-electron chi connectivity index (χ1n) is 6.43. The van der Waals surface area contributed by atoms with Crippen molar-refractivity contribution >= 4 is 0 Å². The van der Waals surface area contributed by atoms with Crippen LogP contribution in [0.5, 0.6) is 11.5 Å². The third-order valence-corrected chi connectivity index (χ3v) is 2.93. The smallest absolute Gasteiger partial charge is 0.161 e. The van der Waals surface area contributed by atoms with Crippen molar-refractivity contribution in [3.63, 3.8) is 0 Å². The SMILES string of the molecule is COc1cc2c(cc1OC(C)C)CNC/C=C\C2. The van der Waals surface area contributed by atoms with Gasteiger partial charge in [-0.25, -0.2) is 0 Å². The monoisotopic (exact) mass is 247 g/mol. The van der Waals surface area contributed by atoms with E-state index in [4.69, 9.17) is 9.47 Å². The highest BCUT2D eigenvalue weighted by atomic mass is 16.5. The Bertz CT molecular complexity index is 438. The first-order chi connectivity index (χ1) is 8.70. The number of fused-ring (bicyclic) bond motifs is 1. The second-order valence-electron chi connectivity index (χ2n) is 4.74. The van der Waals surface area contributed by atoms with E-state index in [0.29, 0.717) is 0 Å². The maximum absolute atomic E-state index is 5.80. The van der Waals surface area contributed by atoms with Gasteiger partial charge in [-0.05, 0) is 43.5 Å². The van der Waals surface area contributed by atoms with E-state index in [0.717, 1.165) is 31.0 Å². The molecule has 1 aliphatic heterocycles. The summed E-state index contributed by atoms with van der Waals surface area (Å²) in [6, 6.07) is 4.19. The van der Waals surface area contributed by atoms with E-state index in [9.17, 15) is 0 Å². The number of nitrogens with one attached hydrogen (secondary N) is 1. The molecule has 18 heavy (non-hydrogen) atoms. The fraction of sp³-hybridized carbons (Fsp3) is 0.467. The molecule has 3 heteroatoms. The Morgan fingerprint density at radius 3 is 2.61 bits per heavy atom. The molecule has 0 amide bonds. The van der Waals surface area contributed by atoms with E-state index in [2.05, 4.69) is 29.6 Å². The number of methoxy groups -OCH3 is 1. The van der Waals surface area contributed by atoms with Gasteiger partial charge in [-0.3, -0.25) is 0 Å². The van der Waals surface area contributed by atoms with Gasteiger partial charge in [-0.2, -0.15) is 0 Å². The summed E-state index contributed by atoms with van der Waals surface area (Å²) in [7, 11) is 1.69. The summed E-state index contributed by atoms with van der Waals surface area (Å²) in [6.45, 7) is 5.85. The van der Waals surface area contributed by atoms with Crippen molar-refractivity contribution in [3.05, 3.63) is 35.4 Å². The van der Waals surface area contributed by atoms with Crippen LogP contribution in [-0.4, -0.2) is 19.8 Å². The molecule has 0 radical (unpaired) electrons. The average Bonchev–Trinajstić information content (AvgIpc) is 2.30. The minimum absolute atomic E-state index is 0.151. The molecule has 0 aliphatic carbocycles. The first-order valence-corrected chi connectivity index (χ1v) is 6.43. The van der Waals surface area contributed by atoms with Gasteiger partial charge in [-0.1, -0.05) is 12.2 Å². The summed E-state index contributed by atoms with van der Waals surface area (Å²) in [5.74, 6) is 1.65. The standard InChI is InChI=1S/C15H21NO2/c1-11(2)18-15-9-13-10-16-7-5-4-6-12(13)8-14(15)17-3/h4-5,8-9,11,16H,6-7,10H2,1-3H3/b5-4-. The van der Waals surface area contributed by atoms with Crippen LogP contribution in [0.2, 0.25) is 0 Å². The summed E-state index contributed by atoms with van der Waals surface area (Å²) in [6.07, 6.45) is 5.45. The third kappa shape index (κ3) is 3.05. The molecule has 1 N–H and O–H groups in total. The molecule has 0 saturated heterocycles. The normalized spacial score (nSPS) is 16.7. The number of ether oxygens (including phenoxy) is 2. The number of hydrogen-bond donors (Lipinski definition) is 1. The van der Waals surface area contributed by atoms with Gasteiger partial charge in [0.1, 0.15) is 0 Å². The lowest BCUT2D eigenvalue weighted by molar-refractivity contribution is 0.229. The summed E-state index contributed by atoms with van der Waals surface area (Å²) in [4.78, 5) is 0. The lowest BCUT2D eigenvalue weighted by Gasteiger charge is -2.18. The highest BCUT2D eigenvalue weighted by Gasteiger charge is 2.12. The summed E-state index contributed by atoms with van der Waals surface area (Å²) >= 11 is 0. The second-order valence-corrected chi connectivity index (χ2v) is 4.74. The minimum Gasteiger partial charge on any atom is -0.493 e. The fourth-order valence-corrected chi connectivity index (χ4v) is 2.09. The zero-order valence-corrected chi connectivity index (χ0v) is 11.3. The predicted octanol–water partition coefficient (Wildman–Crippen LogP) is 2.68. The molecule has 0 atom stereocenters. The lowest BCUT2D eigenvalue weighted by Crippen LogP contribution is -2.16. The largest absolute Gasteiger partial charge is 0.493 e. The van der Waals surface area contributed by atoms with Gasteiger partial charge < -0.3 is 14.8 Å². The van der Waals surface area contributed by atoms with Crippen molar-refractivity contribution in [3.8, 4) is 11.5 Å². The summed E-state index contributed by atoms with van der Waals surface area (Å²) in [5, 5.41) is 3.38. The number of hydrogen-bond acceptors (Lipinski definition) is 3. The molecule has 1 aliphatic rings. The minimum atomic E-state index is 0.151. The van der Waals surface area contributed by atoms with Crippen LogP contribution in [0.15, 0.2) is 24.3 Å². The van der Waals surface area contributed by atoms with Crippen molar-refractivity contribution < 1.29 is 9.47 Å². The van der Waals surface area contributed by atoms with E-state index in [1.807, 2.05) is 13.8 Å². The van der Waals surface area contributed by atoms with E-state index in [-0.39, 0.29) is 6.10 Å². The molecular formula is C15H21NO2. The quantitative estimate of drug-likeness (QED) is 0.833. The zero-order chi connectivity index (χ0) is 13.0. The molecule has 1 aromatic rings. The van der Waals surface area contributed by atoms with Crippen LogP contribution >= 0.6 is 0 Å². The molecule has 0 bridgehead atoms. The van der Waals surface area contributed by atoms with Gasteiger partial charge in [0.25, 0.3) is 0 Å². The van der Waals surface area contributed by atoms with Gasteiger partial charge in [-0.15, -0.1) is 0 Å². The Hall–Kier alpha value is -1.48. The Morgan fingerprint density at radius 1 is 1.11 bits per heavy atom. The van der Waals surface area contributed by atoms with E-state index in [1.54, 1.807) is 7.11 Å². The molecule has 98 valence electrons. The van der Waals surface area contributed by atoms with Crippen LogP contribution < -0.4 is 14.8 Å². The van der Waals surface area contributed by atoms with E-state index < -0.39 is 0 Å². The van der Waals surface area contributed by atoms with Crippen LogP contribution in [0, 0.1) is 0 Å². The van der Waals surface area contributed by atoms with Crippen molar-refractivity contribution in [2.24, 2.45) is 0 Å². The molecular weight excluding hydrogens is 226 g/mol. The van der Waals surface area contributed by atoms with Crippen molar-refractivity contribution in [1.29, 1.82) is 0 Å². The van der Waals surface area contributed by atoms with Crippen molar-refractivity contribution in [1.82, 2.24) is 5.32 Å². The average molecular weight is 247 g/mol. The summed E-state index contributed by atoms with van der Waals surface area (Å²) in [5.41, 5.74) is 2.59. The second kappa shape index (κ2) is 5.91. The van der Waals surface area contributed by atoms with Crippen LogP contribution in [0.4, 0.5) is 0 Å². The van der Waals surface area contributed by atoms with Crippen LogP contribution in [0.25, 0.3) is 0 Å². The van der Waals surface area contributed by atoms with Crippen LogP contribution in [-0.2, 0) is 13.0 Å². The molecule has 0 spiro atoms. The number of rotatable bonds is 3. The van der Waals surface area contributed by atoms with Crippen molar-refractivity contribution in [2.75, 3.05) is 13.7 Å². The lowest BCUT2D eigenvalue weighted by atomic mass is 10.0. The molecule has 1 heterocycles. The van der Waals surface area contributed by atoms with Gasteiger partial charge in [0, 0.05) is 13.1 Å². The third-order valence-electron chi connectivity index (χ3n) is 2.93. The molecule has 0 saturated carbocycles. The highest BCUT2D eigenvalue weighted by Crippen LogP contribution is 2.32. The first kappa shape index (κ1) is 13.0. The van der Waals surface area contributed by atoms with Gasteiger partial charge >= 0.3 is 0 Å². The Morgan fingerprint density at radius 2 is 1.89 bits per heavy atom. The molecule has 1 aromatic carbocycles. The zero-order valence-electron chi connectivity index (χ0n) is 11.3. The van der Waals surface area contributed by atoms with Crippen molar-refractivity contribution in [2.45, 2.75) is 32.9 Å². The molecule has 3 nitrogen and oxygen atoms in total. The maximum atomic E-state index is 5.80. The van der Waals surface area contributed by atoms with Gasteiger partial charge in [0.15, 0.2) is 11.5 Å². The topological polar surface area (TPSA) is 30.5 Å². The Balaban J connectivity index is 2.37. The van der Waals surface area contributed by atoms with Crippen LogP contribution in [0.3, 0.4) is 0 Å². The molecule has 0 fully saturated rings. The molecule has 0 unspecified atom stereocenters. The number of allylic oxidation sites excluding steroid dienone is 1. The Kier molecular flexibility index (Phi) is 4.26. The van der Waals surface area contributed by atoms with E-state index >= 15 is 0 Å². The maximum Gasteiger partial charge on any atom is 0.161 e. The van der Waals surface area contributed by atoms with Gasteiger partial charge in [0.2, 0.25) is 0 Å². The van der Waals surface area contributed by atoms with E-state index in [1.165, 1.54) is 11.1 Å². The Labute approximate surface area is 109 Å². The van der Waals surface area contributed by atoms with Crippen LogP contribution in [0.1, 0.15) is 25.0 Å². The number of benzene rings is 1. The predicted molar refractivity (Wildman–Crippen MR) is 73.3 cm³/mol. The molecule has 0 aromatic heterocycles. The fourth-order valence-electron chi connectivity index (χ4n) is 2.09. The summed E-state index contributed by atoms with van der Waals surface area (Å²) < 4.78 is 11.2. The molecule has 2 rings (SSSR count). The van der Waals surface area contributed by atoms with Gasteiger partial charge in [0.05, 0.1) is 13.2 Å².